The van der Waals surface area contributed by atoms with Crippen LogP contribution in [0, 0.1) is 0 Å². The molecule has 0 spiro atoms. The molecule has 1 atom stereocenters. The highest BCUT2D eigenvalue weighted by Gasteiger charge is 2.41. The largest absolute Gasteiger partial charge is 0.603 e. The molecule has 100 valence electrons. The lowest BCUT2D eigenvalue weighted by molar-refractivity contribution is -0.117. The second-order valence-electron chi connectivity index (χ2n) is 4.97. The van der Waals surface area contributed by atoms with Crippen molar-refractivity contribution in [2.45, 2.75) is 19.2 Å². The lowest BCUT2D eigenvalue weighted by atomic mass is 9.66. The molecule has 4 heteroatoms. The van der Waals surface area contributed by atoms with E-state index in [0.717, 1.165) is 17.1 Å². The number of rotatable bonds is 4. The van der Waals surface area contributed by atoms with Crippen LogP contribution in [0.15, 0.2) is 54.6 Å². The molecule has 3 nitrogen and oxygen atoms in total. The number of Topliss-reactive ketones (excluding diaryl/α,β-unsaturated/α-hetero) is 1. The summed E-state index contributed by atoms with van der Waals surface area (Å²) in [6, 6.07) is 17.5. The summed E-state index contributed by atoms with van der Waals surface area (Å²) in [5.74, 6) is 1.51. The van der Waals surface area contributed by atoms with Crippen LogP contribution in [0.5, 0.6) is 11.5 Å². The van der Waals surface area contributed by atoms with Gasteiger partial charge >= 0.3 is 7.12 Å². The molecule has 0 amide bonds. The molecule has 0 radical (unpaired) electrons. The zero-order valence-corrected chi connectivity index (χ0v) is 11.3. The number of carbonyl (C=O) groups is 1. The summed E-state index contributed by atoms with van der Waals surface area (Å²) in [7, 11) is -0.446. The minimum atomic E-state index is -0.446. The Bertz CT molecular complexity index is 587. The third kappa shape index (κ3) is 2.55. The average molecular weight is 266 g/mol. The number of ketones is 1. The molecule has 0 saturated carbocycles. The van der Waals surface area contributed by atoms with Crippen LogP contribution in [-0.4, -0.2) is 12.9 Å². The van der Waals surface area contributed by atoms with Crippen LogP contribution in [0.4, 0.5) is 0 Å². The van der Waals surface area contributed by atoms with Crippen LogP contribution in [0.3, 0.4) is 0 Å². The second kappa shape index (κ2) is 5.41. The standard InChI is InChI=1S/C16H15BO3/c1-12(18)11-14(13-7-3-2-4-8-13)17-19-15-9-5-6-10-16(15)20-17/h2-10,14H,11H2,1H3. The average Bonchev–Trinajstić information content (AvgIpc) is 2.89. The van der Waals surface area contributed by atoms with Crippen LogP contribution in [0.2, 0.25) is 0 Å². The molecule has 1 aliphatic heterocycles. The predicted molar refractivity (Wildman–Crippen MR) is 77.9 cm³/mol. The minimum Gasteiger partial charge on any atom is -0.523 e. The number of hydrogen-bond donors (Lipinski definition) is 0. The van der Waals surface area contributed by atoms with Crippen molar-refractivity contribution in [3.8, 4) is 11.5 Å². The lowest BCUT2D eigenvalue weighted by Crippen LogP contribution is -2.34. The first-order valence-electron chi connectivity index (χ1n) is 6.71. The zero-order valence-electron chi connectivity index (χ0n) is 11.3. The molecule has 0 aliphatic carbocycles. The molecule has 20 heavy (non-hydrogen) atoms. The van der Waals surface area contributed by atoms with Crippen molar-refractivity contribution < 1.29 is 14.1 Å². The van der Waals surface area contributed by atoms with Crippen LogP contribution in [-0.2, 0) is 4.79 Å². The first-order chi connectivity index (χ1) is 9.74. The summed E-state index contributed by atoms with van der Waals surface area (Å²) in [6.07, 6.45) is 0.405. The summed E-state index contributed by atoms with van der Waals surface area (Å²) in [5.41, 5.74) is 1.06. The molecule has 0 bridgehead atoms. The van der Waals surface area contributed by atoms with Gasteiger partial charge in [-0.2, -0.15) is 0 Å². The van der Waals surface area contributed by atoms with E-state index in [1.165, 1.54) is 0 Å². The molecular formula is C16H15BO3. The van der Waals surface area contributed by atoms with Gasteiger partial charge in [0, 0.05) is 6.42 Å². The van der Waals surface area contributed by atoms with E-state index in [-0.39, 0.29) is 11.6 Å². The van der Waals surface area contributed by atoms with E-state index in [2.05, 4.69) is 0 Å². The van der Waals surface area contributed by atoms with Crippen molar-refractivity contribution in [3.63, 3.8) is 0 Å². The van der Waals surface area contributed by atoms with E-state index in [4.69, 9.17) is 9.31 Å². The maximum atomic E-state index is 11.5. The molecule has 0 saturated heterocycles. The molecule has 0 fully saturated rings. The van der Waals surface area contributed by atoms with Crippen LogP contribution >= 0.6 is 0 Å². The van der Waals surface area contributed by atoms with Crippen molar-refractivity contribution in [1.29, 1.82) is 0 Å². The topological polar surface area (TPSA) is 35.5 Å². The number of benzene rings is 2. The monoisotopic (exact) mass is 266 g/mol. The van der Waals surface area contributed by atoms with Gasteiger partial charge in [-0.15, -0.1) is 0 Å². The van der Waals surface area contributed by atoms with Crippen LogP contribution < -0.4 is 9.31 Å². The van der Waals surface area contributed by atoms with Gasteiger partial charge in [0.1, 0.15) is 17.3 Å². The van der Waals surface area contributed by atoms with E-state index >= 15 is 0 Å². The van der Waals surface area contributed by atoms with Crippen molar-refractivity contribution >= 4 is 12.9 Å². The van der Waals surface area contributed by atoms with Gasteiger partial charge in [0.25, 0.3) is 0 Å². The van der Waals surface area contributed by atoms with Gasteiger partial charge in [-0.1, -0.05) is 42.5 Å². The third-order valence-electron chi connectivity index (χ3n) is 3.40. The molecular weight excluding hydrogens is 251 g/mol. The minimum absolute atomic E-state index is 0.0962. The molecule has 0 N–H and O–H groups in total. The van der Waals surface area contributed by atoms with Crippen molar-refractivity contribution in [2.75, 3.05) is 0 Å². The quantitative estimate of drug-likeness (QED) is 0.797. The number of para-hydroxylation sites is 2. The molecule has 1 heterocycles. The molecule has 0 aromatic heterocycles. The fraction of sp³-hybridized carbons (Fsp3) is 0.188. The molecule has 3 rings (SSSR count). The maximum absolute atomic E-state index is 11.5. The Balaban J connectivity index is 1.87. The first kappa shape index (κ1) is 12.8. The number of carbonyl (C=O) groups excluding carboxylic acids is 1. The maximum Gasteiger partial charge on any atom is 0.603 e. The summed E-state index contributed by atoms with van der Waals surface area (Å²) < 4.78 is 11.7. The lowest BCUT2D eigenvalue weighted by Gasteiger charge is -2.17. The van der Waals surface area contributed by atoms with Gasteiger partial charge < -0.3 is 14.1 Å². The molecule has 2 aromatic rings. The van der Waals surface area contributed by atoms with E-state index in [1.807, 2.05) is 54.6 Å². The van der Waals surface area contributed by atoms with Gasteiger partial charge in [0.15, 0.2) is 0 Å². The van der Waals surface area contributed by atoms with Gasteiger partial charge in [-0.25, -0.2) is 0 Å². The van der Waals surface area contributed by atoms with E-state index in [0.29, 0.717) is 6.42 Å². The SMILES string of the molecule is CC(=O)CC(B1Oc2ccccc2O1)c1ccccc1. The predicted octanol–water partition coefficient (Wildman–Crippen LogP) is 3.25. The fourth-order valence-corrected chi connectivity index (χ4v) is 2.46. The zero-order chi connectivity index (χ0) is 13.9. The summed E-state index contributed by atoms with van der Waals surface area (Å²) in [5, 5.41) is 0. The Morgan fingerprint density at radius 3 is 2.10 bits per heavy atom. The van der Waals surface area contributed by atoms with Crippen molar-refractivity contribution in [3.05, 3.63) is 60.2 Å². The molecule has 2 aromatic carbocycles. The Hall–Kier alpha value is -2.23. The highest BCUT2D eigenvalue weighted by Crippen LogP contribution is 2.37. The number of fused-ring (bicyclic) bond motifs is 1. The normalized spacial score (nSPS) is 14.2. The Morgan fingerprint density at radius 2 is 1.55 bits per heavy atom. The molecule has 1 aliphatic rings. The van der Waals surface area contributed by atoms with Crippen LogP contribution in [0.25, 0.3) is 0 Å². The van der Waals surface area contributed by atoms with Crippen molar-refractivity contribution in [2.24, 2.45) is 0 Å². The Kier molecular flexibility index (Phi) is 3.46. The fourth-order valence-electron chi connectivity index (χ4n) is 2.46. The van der Waals surface area contributed by atoms with E-state index in [9.17, 15) is 4.79 Å². The second-order valence-corrected chi connectivity index (χ2v) is 4.97. The van der Waals surface area contributed by atoms with Gasteiger partial charge in [0.2, 0.25) is 0 Å². The summed E-state index contributed by atoms with van der Waals surface area (Å²) in [4.78, 5) is 11.5. The van der Waals surface area contributed by atoms with Gasteiger partial charge in [0.05, 0.1) is 5.82 Å². The smallest absolute Gasteiger partial charge is 0.523 e. The molecule has 1 unspecified atom stereocenters. The Labute approximate surface area is 118 Å². The van der Waals surface area contributed by atoms with Gasteiger partial charge in [-0.05, 0) is 24.6 Å². The number of hydrogen-bond acceptors (Lipinski definition) is 3. The van der Waals surface area contributed by atoms with E-state index < -0.39 is 7.12 Å². The van der Waals surface area contributed by atoms with E-state index in [1.54, 1.807) is 6.92 Å². The van der Waals surface area contributed by atoms with Crippen LogP contribution in [0.1, 0.15) is 24.7 Å². The first-order valence-corrected chi connectivity index (χ1v) is 6.71. The summed E-state index contributed by atoms with van der Waals surface area (Å²) in [6.45, 7) is 1.60. The van der Waals surface area contributed by atoms with Gasteiger partial charge in [-0.3, -0.25) is 0 Å². The third-order valence-corrected chi connectivity index (χ3v) is 3.40. The highest BCUT2D eigenvalue weighted by atomic mass is 16.6. The summed E-state index contributed by atoms with van der Waals surface area (Å²) >= 11 is 0. The van der Waals surface area contributed by atoms with Crippen molar-refractivity contribution in [1.82, 2.24) is 0 Å². The Morgan fingerprint density at radius 1 is 1.00 bits per heavy atom. The highest BCUT2D eigenvalue weighted by molar-refractivity contribution is 6.50.